The van der Waals surface area contributed by atoms with Crippen LogP contribution in [0.25, 0.3) is 0 Å². The Hall–Kier alpha value is -1.88. The molecule has 1 aliphatic rings. The number of carbonyl (C=O) groups is 1. The zero-order chi connectivity index (χ0) is 14.8. The number of hydrogen-bond donors (Lipinski definition) is 1. The summed E-state index contributed by atoms with van der Waals surface area (Å²) in [4.78, 5) is 17.9. The van der Waals surface area contributed by atoms with Crippen LogP contribution in [0.1, 0.15) is 34.1 Å². The minimum absolute atomic E-state index is 0.0472. The molecule has 110 valence electrons. The van der Waals surface area contributed by atoms with E-state index in [9.17, 15) is 4.79 Å². The summed E-state index contributed by atoms with van der Waals surface area (Å²) in [5, 5.41) is 4.89. The van der Waals surface area contributed by atoms with Crippen LogP contribution >= 0.6 is 11.3 Å². The Morgan fingerprint density at radius 2 is 2.33 bits per heavy atom. The van der Waals surface area contributed by atoms with Gasteiger partial charge in [-0.2, -0.15) is 0 Å². The van der Waals surface area contributed by atoms with Crippen LogP contribution in [-0.4, -0.2) is 18.0 Å². The maximum atomic E-state index is 12.4. The van der Waals surface area contributed by atoms with Gasteiger partial charge in [0.05, 0.1) is 24.6 Å². The van der Waals surface area contributed by atoms with Gasteiger partial charge in [-0.05, 0) is 36.8 Å². The van der Waals surface area contributed by atoms with Gasteiger partial charge >= 0.3 is 0 Å². The predicted octanol–water partition coefficient (Wildman–Crippen LogP) is 3.53. The highest BCUT2D eigenvalue weighted by Crippen LogP contribution is 2.33. The van der Waals surface area contributed by atoms with Gasteiger partial charge in [-0.25, -0.2) is 4.98 Å². The molecule has 0 saturated heterocycles. The highest BCUT2D eigenvalue weighted by Gasteiger charge is 2.23. The number of nitrogens with zero attached hydrogens (tertiary/aromatic N) is 1. The smallest absolute Gasteiger partial charge is 0.256 e. The summed E-state index contributed by atoms with van der Waals surface area (Å²) in [7, 11) is 1.57. The number of anilines is 1. The van der Waals surface area contributed by atoms with E-state index in [0.717, 1.165) is 30.7 Å². The molecule has 1 N–H and O–H groups in total. The average molecular weight is 302 g/mol. The Bertz CT molecular complexity index is 649. The molecular weight excluding hydrogens is 284 g/mol. The molecule has 21 heavy (non-hydrogen) atoms. The number of ether oxygens (including phenoxy) is 1. The fourth-order valence-corrected chi connectivity index (χ4v) is 3.89. The van der Waals surface area contributed by atoms with Crippen molar-refractivity contribution in [1.82, 2.24) is 4.98 Å². The van der Waals surface area contributed by atoms with E-state index in [0.29, 0.717) is 11.6 Å². The first-order valence-electron chi connectivity index (χ1n) is 7.08. The molecule has 0 bridgehead atoms. The van der Waals surface area contributed by atoms with Gasteiger partial charge in [-0.15, -0.1) is 11.3 Å². The van der Waals surface area contributed by atoms with Crippen molar-refractivity contribution in [3.63, 3.8) is 0 Å². The fraction of sp³-hybridized carbons (Fsp3) is 0.375. The lowest BCUT2D eigenvalue weighted by Crippen LogP contribution is -2.16. The molecular formula is C16H18N2O2S. The first-order chi connectivity index (χ1) is 10.2. The van der Waals surface area contributed by atoms with Crippen LogP contribution < -0.4 is 10.1 Å². The summed E-state index contributed by atoms with van der Waals surface area (Å²) in [6.45, 7) is 2.27. The lowest BCUT2D eigenvalue weighted by atomic mass is 9.88. The van der Waals surface area contributed by atoms with Crippen LogP contribution in [0.4, 0.5) is 5.69 Å². The second-order valence-electron chi connectivity index (χ2n) is 5.44. The zero-order valence-corrected chi connectivity index (χ0v) is 13.0. The third-order valence-electron chi connectivity index (χ3n) is 3.85. The molecule has 0 spiro atoms. The van der Waals surface area contributed by atoms with Crippen molar-refractivity contribution in [2.45, 2.75) is 26.2 Å². The summed E-state index contributed by atoms with van der Waals surface area (Å²) < 4.78 is 5.01. The molecule has 0 aromatic carbocycles. The molecule has 1 amide bonds. The second-order valence-corrected chi connectivity index (χ2v) is 6.41. The Labute approximate surface area is 128 Å². The molecule has 1 aliphatic carbocycles. The van der Waals surface area contributed by atoms with Crippen LogP contribution in [0.2, 0.25) is 0 Å². The molecule has 4 nitrogen and oxygen atoms in total. The topological polar surface area (TPSA) is 51.2 Å². The average Bonchev–Trinajstić information content (AvgIpc) is 2.91. The third-order valence-corrected chi connectivity index (χ3v) is 4.90. The van der Waals surface area contributed by atoms with Crippen molar-refractivity contribution in [1.29, 1.82) is 0 Å². The third kappa shape index (κ3) is 2.93. The summed E-state index contributed by atoms with van der Waals surface area (Å²) in [6, 6.07) is 3.53. The fourth-order valence-electron chi connectivity index (χ4n) is 2.64. The second kappa shape index (κ2) is 5.85. The molecule has 0 saturated carbocycles. The van der Waals surface area contributed by atoms with Crippen LogP contribution in [0.15, 0.2) is 23.7 Å². The van der Waals surface area contributed by atoms with Crippen LogP contribution in [0.5, 0.6) is 5.88 Å². The number of thiophene rings is 1. The molecule has 1 unspecified atom stereocenters. The molecule has 0 fully saturated rings. The molecule has 3 rings (SSSR count). The number of hydrogen-bond acceptors (Lipinski definition) is 4. The first-order valence-corrected chi connectivity index (χ1v) is 7.96. The number of rotatable bonds is 3. The van der Waals surface area contributed by atoms with Gasteiger partial charge < -0.3 is 10.1 Å². The van der Waals surface area contributed by atoms with Crippen LogP contribution in [0, 0.1) is 5.92 Å². The highest BCUT2D eigenvalue weighted by atomic mass is 32.1. The lowest BCUT2D eigenvalue weighted by Gasteiger charge is -2.18. The first kappa shape index (κ1) is 14.1. The van der Waals surface area contributed by atoms with Gasteiger partial charge in [0, 0.05) is 16.3 Å². The van der Waals surface area contributed by atoms with Gasteiger partial charge in [0.15, 0.2) is 0 Å². The van der Waals surface area contributed by atoms with Crippen molar-refractivity contribution in [2.75, 3.05) is 12.4 Å². The van der Waals surface area contributed by atoms with Crippen molar-refractivity contribution in [2.24, 2.45) is 5.92 Å². The number of methoxy groups -OCH3 is 1. The van der Waals surface area contributed by atoms with Gasteiger partial charge in [0.2, 0.25) is 5.88 Å². The van der Waals surface area contributed by atoms with Crippen molar-refractivity contribution in [3.8, 4) is 5.88 Å². The quantitative estimate of drug-likeness (QED) is 0.943. The van der Waals surface area contributed by atoms with E-state index in [1.54, 1.807) is 36.8 Å². The summed E-state index contributed by atoms with van der Waals surface area (Å²) >= 11 is 1.70. The van der Waals surface area contributed by atoms with E-state index in [4.69, 9.17) is 4.74 Å². The maximum Gasteiger partial charge on any atom is 0.256 e. The monoisotopic (exact) mass is 302 g/mol. The molecule has 2 aromatic rings. The van der Waals surface area contributed by atoms with Crippen molar-refractivity contribution < 1.29 is 9.53 Å². The minimum Gasteiger partial charge on any atom is -0.481 e. The normalized spacial score (nSPS) is 17.1. The molecule has 2 heterocycles. The van der Waals surface area contributed by atoms with E-state index in [-0.39, 0.29) is 5.91 Å². The van der Waals surface area contributed by atoms with Crippen LogP contribution in [-0.2, 0) is 12.8 Å². The summed E-state index contributed by atoms with van der Waals surface area (Å²) in [5.74, 6) is 1.21. The predicted molar refractivity (Wildman–Crippen MR) is 84.3 cm³/mol. The minimum atomic E-state index is -0.0472. The SMILES string of the molecule is COc1ccc(NC(=O)c2csc3c2CCC(C)C3)cn1. The molecule has 1 atom stereocenters. The highest BCUT2D eigenvalue weighted by molar-refractivity contribution is 7.10. The van der Waals surface area contributed by atoms with E-state index in [1.165, 1.54) is 10.4 Å². The van der Waals surface area contributed by atoms with E-state index < -0.39 is 0 Å². The number of amides is 1. The molecule has 0 aliphatic heterocycles. The van der Waals surface area contributed by atoms with Crippen molar-refractivity contribution >= 4 is 22.9 Å². The number of nitrogens with one attached hydrogen (secondary N) is 1. The Kier molecular flexibility index (Phi) is 3.92. The number of aromatic nitrogens is 1. The molecule has 5 heteroatoms. The van der Waals surface area contributed by atoms with Crippen LogP contribution in [0.3, 0.4) is 0 Å². The largest absolute Gasteiger partial charge is 0.481 e. The van der Waals surface area contributed by atoms with E-state index in [2.05, 4.69) is 17.2 Å². The number of fused-ring (bicyclic) bond motifs is 1. The lowest BCUT2D eigenvalue weighted by molar-refractivity contribution is 0.102. The van der Waals surface area contributed by atoms with Gasteiger partial charge in [-0.1, -0.05) is 6.92 Å². The molecule has 2 aromatic heterocycles. The molecule has 0 radical (unpaired) electrons. The zero-order valence-electron chi connectivity index (χ0n) is 12.2. The van der Waals surface area contributed by atoms with Gasteiger partial charge in [0.1, 0.15) is 0 Å². The summed E-state index contributed by atoms with van der Waals surface area (Å²) in [5.41, 5.74) is 2.74. The van der Waals surface area contributed by atoms with Gasteiger partial charge in [-0.3, -0.25) is 4.79 Å². The standard InChI is InChI=1S/C16H18N2O2S/c1-10-3-5-12-13(9-21-14(12)7-10)16(19)18-11-4-6-15(20-2)17-8-11/h4,6,8-10H,3,5,7H2,1-2H3,(H,18,19). The Morgan fingerprint density at radius 3 is 3.05 bits per heavy atom. The van der Waals surface area contributed by atoms with E-state index in [1.807, 2.05) is 5.38 Å². The number of carbonyl (C=O) groups excluding carboxylic acids is 1. The number of pyridine rings is 1. The van der Waals surface area contributed by atoms with E-state index >= 15 is 0 Å². The van der Waals surface area contributed by atoms with Gasteiger partial charge in [0.25, 0.3) is 5.91 Å². The summed E-state index contributed by atoms with van der Waals surface area (Å²) in [6.07, 6.45) is 4.87. The maximum absolute atomic E-state index is 12.4. The van der Waals surface area contributed by atoms with Crippen molar-refractivity contribution in [3.05, 3.63) is 39.7 Å². The Balaban J connectivity index is 1.76. The Morgan fingerprint density at radius 1 is 1.48 bits per heavy atom.